The highest BCUT2D eigenvalue weighted by molar-refractivity contribution is 5.65. The van der Waals surface area contributed by atoms with Crippen molar-refractivity contribution in [2.45, 2.75) is 0 Å². The molecule has 0 spiro atoms. The monoisotopic (exact) mass is 208 g/mol. The fourth-order valence-electron chi connectivity index (χ4n) is 1.12. The van der Waals surface area contributed by atoms with Gasteiger partial charge in [-0.15, -0.1) is 0 Å². The predicted molar refractivity (Wildman–Crippen MR) is 62.9 cm³/mol. The molecule has 0 aliphatic heterocycles. The van der Waals surface area contributed by atoms with Crippen LogP contribution in [0.4, 0.5) is 11.4 Å². The summed E-state index contributed by atoms with van der Waals surface area (Å²) in [6, 6.07) is 7.55. The Morgan fingerprint density at radius 1 is 1.40 bits per heavy atom. The SMILES string of the molecule is N/N=C\N(N)CCNc1ccccc1N. The molecule has 0 radical (unpaired) electrons. The van der Waals surface area contributed by atoms with E-state index in [1.165, 1.54) is 11.3 Å². The molecule has 1 aromatic rings. The van der Waals surface area contributed by atoms with Crippen LogP contribution in [0.2, 0.25) is 0 Å². The quantitative estimate of drug-likeness (QED) is 0.176. The van der Waals surface area contributed by atoms with E-state index in [0.29, 0.717) is 18.8 Å². The summed E-state index contributed by atoms with van der Waals surface area (Å²) in [7, 11) is 0. The number of anilines is 2. The molecule has 15 heavy (non-hydrogen) atoms. The number of para-hydroxylation sites is 2. The second-order valence-electron chi connectivity index (χ2n) is 3.02. The number of nitrogens with two attached hydrogens (primary N) is 3. The molecule has 0 amide bonds. The van der Waals surface area contributed by atoms with Crippen molar-refractivity contribution >= 4 is 17.7 Å². The topological polar surface area (TPSA) is 106 Å². The maximum atomic E-state index is 5.74. The normalized spacial score (nSPS) is 10.5. The molecule has 6 heteroatoms. The van der Waals surface area contributed by atoms with Crippen LogP contribution in [0, 0.1) is 0 Å². The van der Waals surface area contributed by atoms with Crippen LogP contribution in [0.5, 0.6) is 0 Å². The number of nitrogen functional groups attached to an aromatic ring is 1. The molecular weight excluding hydrogens is 192 g/mol. The van der Waals surface area contributed by atoms with Gasteiger partial charge in [-0.05, 0) is 12.1 Å². The first-order valence-electron chi connectivity index (χ1n) is 4.57. The van der Waals surface area contributed by atoms with Gasteiger partial charge in [0.05, 0.1) is 17.9 Å². The van der Waals surface area contributed by atoms with Crippen LogP contribution >= 0.6 is 0 Å². The summed E-state index contributed by atoms with van der Waals surface area (Å²) in [6.45, 7) is 1.26. The van der Waals surface area contributed by atoms with E-state index in [4.69, 9.17) is 17.4 Å². The second kappa shape index (κ2) is 5.71. The minimum atomic E-state index is 0.592. The van der Waals surface area contributed by atoms with Gasteiger partial charge in [-0.2, -0.15) is 5.10 Å². The molecule has 82 valence electrons. The number of hydrazine groups is 1. The van der Waals surface area contributed by atoms with E-state index in [0.717, 1.165) is 5.69 Å². The average Bonchev–Trinajstić information content (AvgIpc) is 2.21. The van der Waals surface area contributed by atoms with Gasteiger partial charge in [0, 0.05) is 6.54 Å². The molecule has 7 N–H and O–H groups in total. The fourth-order valence-corrected chi connectivity index (χ4v) is 1.12. The van der Waals surface area contributed by atoms with Crippen molar-refractivity contribution in [3.63, 3.8) is 0 Å². The smallest absolute Gasteiger partial charge is 0.125 e. The molecular formula is C9H16N6. The lowest BCUT2D eigenvalue weighted by Gasteiger charge is -2.13. The number of rotatable bonds is 5. The van der Waals surface area contributed by atoms with Gasteiger partial charge in [-0.1, -0.05) is 12.1 Å². The van der Waals surface area contributed by atoms with Crippen molar-refractivity contribution in [3.8, 4) is 0 Å². The Kier molecular flexibility index (Phi) is 4.24. The lowest BCUT2D eigenvalue weighted by Crippen LogP contribution is -2.34. The van der Waals surface area contributed by atoms with Gasteiger partial charge in [0.15, 0.2) is 0 Å². The zero-order valence-electron chi connectivity index (χ0n) is 8.43. The van der Waals surface area contributed by atoms with Gasteiger partial charge in [-0.3, -0.25) is 5.01 Å². The number of hydrazone groups is 1. The third-order valence-corrected chi connectivity index (χ3v) is 1.86. The molecule has 0 aliphatic carbocycles. The third-order valence-electron chi connectivity index (χ3n) is 1.86. The molecule has 0 aromatic heterocycles. The summed E-state index contributed by atoms with van der Waals surface area (Å²) < 4.78 is 0. The Balaban J connectivity index is 2.35. The molecule has 0 aliphatic rings. The standard InChI is InChI=1S/C9H16N6/c10-8-3-1-2-4-9(8)13-5-6-15(12)7-14-11/h1-4,7,13H,5-6,10-12H2/b14-7-. The maximum Gasteiger partial charge on any atom is 0.125 e. The van der Waals surface area contributed by atoms with Gasteiger partial charge in [0.1, 0.15) is 6.34 Å². The lowest BCUT2D eigenvalue weighted by molar-refractivity contribution is 0.469. The Hall–Kier alpha value is -1.95. The van der Waals surface area contributed by atoms with Crippen LogP contribution < -0.4 is 22.7 Å². The molecule has 0 atom stereocenters. The summed E-state index contributed by atoms with van der Waals surface area (Å²) in [5.74, 6) is 10.5. The summed E-state index contributed by atoms with van der Waals surface area (Å²) >= 11 is 0. The summed E-state index contributed by atoms with van der Waals surface area (Å²) in [4.78, 5) is 0. The fraction of sp³-hybridized carbons (Fsp3) is 0.222. The van der Waals surface area contributed by atoms with E-state index in [2.05, 4.69) is 10.4 Å². The van der Waals surface area contributed by atoms with Crippen molar-refractivity contribution in [1.82, 2.24) is 5.01 Å². The van der Waals surface area contributed by atoms with E-state index >= 15 is 0 Å². The lowest BCUT2D eigenvalue weighted by atomic mass is 10.3. The Morgan fingerprint density at radius 2 is 2.13 bits per heavy atom. The van der Waals surface area contributed by atoms with Crippen LogP contribution in [0.15, 0.2) is 29.4 Å². The van der Waals surface area contributed by atoms with Gasteiger partial charge in [-0.25, -0.2) is 5.84 Å². The minimum absolute atomic E-state index is 0.592. The zero-order valence-corrected chi connectivity index (χ0v) is 8.43. The first kappa shape index (κ1) is 11.1. The van der Waals surface area contributed by atoms with Crippen LogP contribution in [0.3, 0.4) is 0 Å². The second-order valence-corrected chi connectivity index (χ2v) is 3.02. The first-order chi connectivity index (χ1) is 7.24. The van der Waals surface area contributed by atoms with Gasteiger partial charge in [0.25, 0.3) is 0 Å². The molecule has 1 rings (SSSR count). The van der Waals surface area contributed by atoms with Crippen molar-refractivity contribution < 1.29 is 0 Å². The highest BCUT2D eigenvalue weighted by Gasteiger charge is 1.96. The summed E-state index contributed by atoms with van der Waals surface area (Å²) in [5, 5.41) is 7.85. The molecule has 0 bridgehead atoms. The molecule has 0 saturated carbocycles. The van der Waals surface area contributed by atoms with E-state index in [-0.39, 0.29) is 0 Å². The molecule has 6 nitrogen and oxygen atoms in total. The summed E-state index contributed by atoms with van der Waals surface area (Å²) in [6.07, 6.45) is 1.36. The number of nitrogens with one attached hydrogen (secondary N) is 1. The van der Waals surface area contributed by atoms with E-state index in [1.807, 2.05) is 24.3 Å². The Morgan fingerprint density at radius 3 is 2.80 bits per heavy atom. The van der Waals surface area contributed by atoms with E-state index < -0.39 is 0 Å². The molecule has 0 unspecified atom stereocenters. The predicted octanol–water partition coefficient (Wildman–Crippen LogP) is -0.242. The molecule has 0 fully saturated rings. The molecule has 0 saturated heterocycles. The van der Waals surface area contributed by atoms with Crippen LogP contribution in [0.25, 0.3) is 0 Å². The van der Waals surface area contributed by atoms with Crippen LogP contribution in [-0.4, -0.2) is 24.4 Å². The third kappa shape index (κ3) is 3.74. The van der Waals surface area contributed by atoms with Gasteiger partial charge in [0.2, 0.25) is 0 Å². The minimum Gasteiger partial charge on any atom is -0.397 e. The van der Waals surface area contributed by atoms with E-state index in [9.17, 15) is 0 Å². The Bertz CT molecular complexity index is 324. The van der Waals surface area contributed by atoms with Gasteiger partial charge >= 0.3 is 0 Å². The van der Waals surface area contributed by atoms with Crippen molar-refractivity contribution in [1.29, 1.82) is 0 Å². The molecule has 1 aromatic carbocycles. The Labute approximate surface area is 88.7 Å². The van der Waals surface area contributed by atoms with Crippen molar-refractivity contribution in [2.24, 2.45) is 16.8 Å². The van der Waals surface area contributed by atoms with E-state index in [1.54, 1.807) is 0 Å². The number of hydrogen-bond acceptors (Lipinski definition) is 5. The van der Waals surface area contributed by atoms with Crippen LogP contribution in [0.1, 0.15) is 0 Å². The number of nitrogens with zero attached hydrogens (tertiary/aromatic N) is 2. The highest BCUT2D eigenvalue weighted by Crippen LogP contribution is 2.15. The van der Waals surface area contributed by atoms with Gasteiger partial charge < -0.3 is 16.9 Å². The van der Waals surface area contributed by atoms with Crippen molar-refractivity contribution in [3.05, 3.63) is 24.3 Å². The highest BCUT2D eigenvalue weighted by atomic mass is 15.4. The average molecular weight is 208 g/mol. The maximum absolute atomic E-state index is 5.74. The number of benzene rings is 1. The summed E-state index contributed by atoms with van der Waals surface area (Å²) in [5.41, 5.74) is 7.36. The largest absolute Gasteiger partial charge is 0.397 e. The zero-order chi connectivity index (χ0) is 11.1. The molecule has 0 heterocycles. The number of hydrogen-bond donors (Lipinski definition) is 4. The van der Waals surface area contributed by atoms with Crippen LogP contribution in [-0.2, 0) is 0 Å². The van der Waals surface area contributed by atoms with Crippen molar-refractivity contribution in [2.75, 3.05) is 24.1 Å². The first-order valence-corrected chi connectivity index (χ1v) is 4.57.